The highest BCUT2D eigenvalue weighted by Gasteiger charge is 2.08. The van der Waals surface area contributed by atoms with E-state index in [1.807, 2.05) is 19.9 Å². The number of nitriles is 1. The molecule has 2 aromatic carbocycles. The molecule has 2 nitrogen and oxygen atoms in total. The minimum Gasteiger partial charge on any atom is -0.306 e. The van der Waals surface area contributed by atoms with E-state index in [9.17, 15) is 4.39 Å². The zero-order chi connectivity index (χ0) is 14.5. The first kappa shape index (κ1) is 14.2. The van der Waals surface area contributed by atoms with Crippen LogP contribution in [0.15, 0.2) is 42.5 Å². The smallest absolute Gasteiger partial charge is 0.127 e. The predicted octanol–water partition coefficient (Wildman–Crippen LogP) is 3.86. The van der Waals surface area contributed by atoms with Gasteiger partial charge in [0.05, 0.1) is 11.6 Å². The van der Waals surface area contributed by atoms with E-state index in [1.165, 1.54) is 17.7 Å². The second-order valence-electron chi connectivity index (χ2n) is 4.93. The van der Waals surface area contributed by atoms with Gasteiger partial charge in [-0.25, -0.2) is 4.39 Å². The summed E-state index contributed by atoms with van der Waals surface area (Å²) in [7, 11) is 0. The second kappa shape index (κ2) is 6.31. The fourth-order valence-electron chi connectivity index (χ4n) is 2.02. The van der Waals surface area contributed by atoms with Crippen molar-refractivity contribution in [1.82, 2.24) is 5.32 Å². The lowest BCUT2D eigenvalue weighted by Crippen LogP contribution is -2.18. The van der Waals surface area contributed by atoms with Gasteiger partial charge in [0, 0.05) is 18.2 Å². The van der Waals surface area contributed by atoms with Gasteiger partial charge in [-0.15, -0.1) is 0 Å². The van der Waals surface area contributed by atoms with E-state index in [0.717, 1.165) is 5.56 Å². The van der Waals surface area contributed by atoms with Crippen LogP contribution in [0.4, 0.5) is 4.39 Å². The first-order valence-corrected chi connectivity index (χ1v) is 6.58. The number of nitrogens with one attached hydrogen (secondary N) is 1. The molecule has 0 aliphatic rings. The normalized spacial score (nSPS) is 11.9. The SMILES string of the molecule is Cc1ccc([C@H](C)NCc2cc(C#N)ccc2F)cc1. The maximum absolute atomic E-state index is 13.7. The molecule has 0 fully saturated rings. The van der Waals surface area contributed by atoms with Crippen molar-refractivity contribution in [3.63, 3.8) is 0 Å². The van der Waals surface area contributed by atoms with Crippen molar-refractivity contribution in [3.8, 4) is 6.07 Å². The molecule has 20 heavy (non-hydrogen) atoms. The Kier molecular flexibility index (Phi) is 4.49. The zero-order valence-electron chi connectivity index (χ0n) is 11.7. The first-order chi connectivity index (χ1) is 9.60. The van der Waals surface area contributed by atoms with Gasteiger partial charge in [0.1, 0.15) is 5.82 Å². The van der Waals surface area contributed by atoms with Crippen LogP contribution in [-0.2, 0) is 6.54 Å². The van der Waals surface area contributed by atoms with Crippen molar-refractivity contribution in [3.05, 3.63) is 70.5 Å². The van der Waals surface area contributed by atoms with Crippen LogP contribution in [-0.4, -0.2) is 0 Å². The molecular weight excluding hydrogens is 251 g/mol. The van der Waals surface area contributed by atoms with Gasteiger partial charge in [0.2, 0.25) is 0 Å². The molecule has 0 aliphatic carbocycles. The van der Waals surface area contributed by atoms with Crippen LogP contribution in [0.5, 0.6) is 0 Å². The lowest BCUT2D eigenvalue weighted by molar-refractivity contribution is 0.544. The Hall–Kier alpha value is -2.18. The Labute approximate surface area is 118 Å². The molecule has 102 valence electrons. The topological polar surface area (TPSA) is 35.8 Å². The maximum Gasteiger partial charge on any atom is 0.127 e. The molecule has 0 aliphatic heterocycles. The number of nitrogens with zero attached hydrogens (tertiary/aromatic N) is 1. The Morgan fingerprint density at radius 3 is 2.55 bits per heavy atom. The van der Waals surface area contributed by atoms with Crippen molar-refractivity contribution in [2.45, 2.75) is 26.4 Å². The van der Waals surface area contributed by atoms with E-state index >= 15 is 0 Å². The van der Waals surface area contributed by atoms with Crippen molar-refractivity contribution >= 4 is 0 Å². The molecule has 1 atom stereocenters. The fraction of sp³-hybridized carbons (Fsp3) is 0.235. The molecule has 2 aromatic rings. The number of hydrogen-bond acceptors (Lipinski definition) is 2. The summed E-state index contributed by atoms with van der Waals surface area (Å²) >= 11 is 0. The summed E-state index contributed by atoms with van der Waals surface area (Å²) in [5.41, 5.74) is 3.37. The van der Waals surface area contributed by atoms with Gasteiger partial charge in [-0.2, -0.15) is 5.26 Å². The van der Waals surface area contributed by atoms with Crippen LogP contribution in [0.1, 0.15) is 35.2 Å². The standard InChI is InChI=1S/C17H17FN2/c1-12-3-6-15(7-4-12)13(2)20-11-16-9-14(10-19)5-8-17(16)18/h3-9,13,20H,11H2,1-2H3/t13-/m0/s1. The minimum atomic E-state index is -0.285. The average molecular weight is 268 g/mol. The van der Waals surface area contributed by atoms with Crippen LogP contribution >= 0.6 is 0 Å². The van der Waals surface area contributed by atoms with Gasteiger partial charge >= 0.3 is 0 Å². The third-order valence-corrected chi connectivity index (χ3v) is 3.35. The summed E-state index contributed by atoms with van der Waals surface area (Å²) in [6.45, 7) is 4.48. The van der Waals surface area contributed by atoms with Crippen LogP contribution in [0.2, 0.25) is 0 Å². The van der Waals surface area contributed by atoms with Crippen LogP contribution in [0, 0.1) is 24.1 Å². The summed E-state index contributed by atoms with van der Waals surface area (Å²) in [6.07, 6.45) is 0. The van der Waals surface area contributed by atoms with Gasteiger partial charge < -0.3 is 5.32 Å². The third kappa shape index (κ3) is 3.43. The summed E-state index contributed by atoms with van der Waals surface area (Å²) in [5, 5.41) is 12.1. The molecule has 0 bridgehead atoms. The van der Waals surface area contributed by atoms with Crippen LogP contribution < -0.4 is 5.32 Å². The van der Waals surface area contributed by atoms with Gasteiger partial charge in [0.25, 0.3) is 0 Å². The van der Waals surface area contributed by atoms with Crippen LogP contribution in [0.3, 0.4) is 0 Å². The van der Waals surface area contributed by atoms with Gasteiger partial charge in [-0.05, 0) is 37.6 Å². The third-order valence-electron chi connectivity index (χ3n) is 3.35. The molecule has 0 heterocycles. The number of halogens is 1. The van der Waals surface area contributed by atoms with Gasteiger partial charge in [0.15, 0.2) is 0 Å². The van der Waals surface area contributed by atoms with Crippen molar-refractivity contribution in [1.29, 1.82) is 5.26 Å². The van der Waals surface area contributed by atoms with Gasteiger partial charge in [-0.3, -0.25) is 0 Å². The Morgan fingerprint density at radius 2 is 1.90 bits per heavy atom. The van der Waals surface area contributed by atoms with Gasteiger partial charge in [-0.1, -0.05) is 29.8 Å². The molecule has 0 saturated carbocycles. The summed E-state index contributed by atoms with van der Waals surface area (Å²) < 4.78 is 13.7. The number of benzene rings is 2. The lowest BCUT2D eigenvalue weighted by atomic mass is 10.1. The Bertz CT molecular complexity index is 626. The molecule has 1 N–H and O–H groups in total. The first-order valence-electron chi connectivity index (χ1n) is 6.58. The van der Waals surface area contributed by atoms with E-state index in [4.69, 9.17) is 5.26 Å². The molecule has 0 amide bonds. The highest BCUT2D eigenvalue weighted by Crippen LogP contribution is 2.15. The predicted molar refractivity (Wildman–Crippen MR) is 77.5 cm³/mol. The second-order valence-corrected chi connectivity index (χ2v) is 4.93. The Morgan fingerprint density at radius 1 is 1.20 bits per heavy atom. The van der Waals surface area contributed by atoms with E-state index in [0.29, 0.717) is 17.7 Å². The van der Waals surface area contributed by atoms with E-state index in [-0.39, 0.29) is 11.9 Å². The highest BCUT2D eigenvalue weighted by atomic mass is 19.1. The molecule has 3 heteroatoms. The number of rotatable bonds is 4. The van der Waals surface area contributed by atoms with Crippen molar-refractivity contribution in [2.24, 2.45) is 0 Å². The van der Waals surface area contributed by atoms with Crippen molar-refractivity contribution < 1.29 is 4.39 Å². The molecule has 0 aromatic heterocycles. The van der Waals surface area contributed by atoms with Crippen molar-refractivity contribution in [2.75, 3.05) is 0 Å². The molecule has 0 spiro atoms. The maximum atomic E-state index is 13.7. The lowest BCUT2D eigenvalue weighted by Gasteiger charge is -2.15. The molecular formula is C17H17FN2. The Balaban J connectivity index is 2.05. The highest BCUT2D eigenvalue weighted by molar-refractivity contribution is 5.34. The van der Waals surface area contributed by atoms with Crippen LogP contribution in [0.25, 0.3) is 0 Å². The summed E-state index contributed by atoms with van der Waals surface area (Å²) in [6, 6.07) is 14.8. The number of aryl methyl sites for hydroxylation is 1. The molecule has 0 unspecified atom stereocenters. The zero-order valence-corrected chi connectivity index (χ0v) is 11.7. The molecule has 2 rings (SSSR count). The number of hydrogen-bond donors (Lipinski definition) is 1. The monoisotopic (exact) mass is 268 g/mol. The largest absolute Gasteiger partial charge is 0.306 e. The van der Waals surface area contributed by atoms with E-state index in [1.54, 1.807) is 6.07 Å². The molecule has 0 saturated heterocycles. The van der Waals surface area contributed by atoms with E-state index < -0.39 is 0 Å². The molecule has 0 radical (unpaired) electrons. The summed E-state index contributed by atoms with van der Waals surface area (Å²) in [4.78, 5) is 0. The quantitative estimate of drug-likeness (QED) is 0.914. The average Bonchev–Trinajstić information content (AvgIpc) is 2.47. The summed E-state index contributed by atoms with van der Waals surface area (Å²) in [5.74, 6) is -0.285. The van der Waals surface area contributed by atoms with E-state index in [2.05, 4.69) is 29.6 Å². The fourth-order valence-corrected chi connectivity index (χ4v) is 2.02. The minimum absolute atomic E-state index is 0.126.